The summed E-state index contributed by atoms with van der Waals surface area (Å²) in [6, 6.07) is 4.20. The third-order valence-electron chi connectivity index (χ3n) is 2.67. The number of nitrogens with zero attached hydrogens (tertiary/aromatic N) is 1. The van der Waals surface area contributed by atoms with Crippen LogP contribution in [0.3, 0.4) is 0 Å². The van der Waals surface area contributed by atoms with Crippen LogP contribution >= 0.6 is 0 Å². The lowest BCUT2D eigenvalue weighted by molar-refractivity contribution is 0.294. The van der Waals surface area contributed by atoms with E-state index in [2.05, 4.69) is 19.0 Å². The van der Waals surface area contributed by atoms with Crippen molar-refractivity contribution in [2.45, 2.75) is 33.6 Å². The van der Waals surface area contributed by atoms with Gasteiger partial charge in [0.25, 0.3) is 0 Å². The van der Waals surface area contributed by atoms with Gasteiger partial charge in [-0.2, -0.15) is 0 Å². The Bertz CT molecular complexity index is 416. The van der Waals surface area contributed by atoms with Crippen molar-refractivity contribution in [1.29, 1.82) is 0 Å². The van der Waals surface area contributed by atoms with Gasteiger partial charge in [0.1, 0.15) is 11.6 Å². The Hall–Kier alpha value is -1.58. The maximum Gasteiger partial charge on any atom is 0.131 e. The van der Waals surface area contributed by atoms with Gasteiger partial charge in [0.2, 0.25) is 0 Å². The molecule has 4 heteroatoms. The highest BCUT2D eigenvalue weighted by Crippen LogP contribution is 2.21. The number of halogens is 1. The van der Waals surface area contributed by atoms with E-state index in [1.807, 2.05) is 0 Å². The molecule has 0 unspecified atom stereocenters. The van der Waals surface area contributed by atoms with Crippen LogP contribution in [0.5, 0.6) is 5.75 Å². The monoisotopic (exact) mass is 253 g/mol. The second kappa shape index (κ2) is 6.99. The molecule has 100 valence electrons. The SMILES string of the molecule is C/C(=N\O)c1ccc(F)cc1OCCCC(C)C. The molecule has 0 aliphatic heterocycles. The molecule has 0 heterocycles. The molecular formula is C14H20FNO2. The maximum absolute atomic E-state index is 13.2. The molecular weight excluding hydrogens is 233 g/mol. The van der Waals surface area contributed by atoms with E-state index < -0.39 is 0 Å². The number of ether oxygens (including phenoxy) is 1. The van der Waals surface area contributed by atoms with E-state index >= 15 is 0 Å². The molecule has 0 spiro atoms. The van der Waals surface area contributed by atoms with Crippen LogP contribution in [0.15, 0.2) is 23.4 Å². The summed E-state index contributed by atoms with van der Waals surface area (Å²) in [4.78, 5) is 0. The Morgan fingerprint density at radius 2 is 2.17 bits per heavy atom. The molecule has 0 atom stereocenters. The molecule has 0 aliphatic rings. The van der Waals surface area contributed by atoms with Crippen LogP contribution in [-0.2, 0) is 0 Å². The molecule has 0 saturated carbocycles. The topological polar surface area (TPSA) is 41.8 Å². The molecule has 1 aromatic rings. The van der Waals surface area contributed by atoms with E-state index in [-0.39, 0.29) is 5.82 Å². The molecule has 0 aliphatic carbocycles. The van der Waals surface area contributed by atoms with Gasteiger partial charge in [0.05, 0.1) is 12.3 Å². The zero-order chi connectivity index (χ0) is 13.5. The van der Waals surface area contributed by atoms with E-state index in [1.165, 1.54) is 12.1 Å². The predicted molar refractivity (Wildman–Crippen MR) is 70.0 cm³/mol. The van der Waals surface area contributed by atoms with Crippen molar-refractivity contribution >= 4 is 5.71 Å². The highest BCUT2D eigenvalue weighted by atomic mass is 19.1. The number of benzene rings is 1. The standard InChI is InChI=1S/C14H20FNO2/c1-10(2)5-4-8-18-14-9-12(15)6-7-13(14)11(3)16-17/h6-7,9-10,17H,4-5,8H2,1-3H3/b16-11+. The molecule has 0 bridgehead atoms. The minimum absolute atomic E-state index is 0.358. The van der Waals surface area contributed by atoms with Crippen LogP contribution in [0, 0.1) is 11.7 Å². The van der Waals surface area contributed by atoms with Crippen LogP contribution in [-0.4, -0.2) is 17.5 Å². The molecule has 0 amide bonds. The minimum atomic E-state index is -0.358. The molecule has 0 saturated heterocycles. The second-order valence-corrected chi connectivity index (χ2v) is 4.71. The van der Waals surface area contributed by atoms with Crippen molar-refractivity contribution in [2.24, 2.45) is 11.1 Å². The lowest BCUT2D eigenvalue weighted by Crippen LogP contribution is -2.05. The molecule has 18 heavy (non-hydrogen) atoms. The normalized spacial score (nSPS) is 11.9. The first kappa shape index (κ1) is 14.5. The Morgan fingerprint density at radius 1 is 1.44 bits per heavy atom. The average molecular weight is 253 g/mol. The number of hydrogen-bond acceptors (Lipinski definition) is 3. The van der Waals surface area contributed by atoms with Gasteiger partial charge in [-0.3, -0.25) is 0 Å². The first-order valence-corrected chi connectivity index (χ1v) is 6.16. The molecule has 3 nitrogen and oxygen atoms in total. The molecule has 1 rings (SSSR count). The maximum atomic E-state index is 13.2. The van der Waals surface area contributed by atoms with Gasteiger partial charge in [-0.15, -0.1) is 0 Å². The predicted octanol–water partition coefficient (Wildman–Crippen LogP) is 3.84. The smallest absolute Gasteiger partial charge is 0.131 e. The highest BCUT2D eigenvalue weighted by molar-refractivity contribution is 6.00. The van der Waals surface area contributed by atoms with Gasteiger partial charge < -0.3 is 9.94 Å². The van der Waals surface area contributed by atoms with Crippen molar-refractivity contribution in [1.82, 2.24) is 0 Å². The van der Waals surface area contributed by atoms with Crippen molar-refractivity contribution < 1.29 is 14.3 Å². The lowest BCUT2D eigenvalue weighted by atomic mass is 10.1. The molecule has 0 radical (unpaired) electrons. The Morgan fingerprint density at radius 3 is 2.78 bits per heavy atom. The highest BCUT2D eigenvalue weighted by Gasteiger charge is 2.09. The fraction of sp³-hybridized carbons (Fsp3) is 0.500. The van der Waals surface area contributed by atoms with E-state index in [9.17, 15) is 4.39 Å². The lowest BCUT2D eigenvalue weighted by Gasteiger charge is -2.11. The Kier molecular flexibility index (Phi) is 5.62. The molecule has 1 aromatic carbocycles. The van der Waals surface area contributed by atoms with Gasteiger partial charge in [0, 0.05) is 11.6 Å². The van der Waals surface area contributed by atoms with E-state index in [4.69, 9.17) is 9.94 Å². The quantitative estimate of drug-likeness (QED) is 0.362. The van der Waals surface area contributed by atoms with Crippen molar-refractivity contribution in [3.63, 3.8) is 0 Å². The fourth-order valence-electron chi connectivity index (χ4n) is 1.64. The summed E-state index contributed by atoms with van der Waals surface area (Å²) in [6.07, 6.45) is 1.99. The molecule has 0 aromatic heterocycles. The Labute approximate surface area is 107 Å². The van der Waals surface area contributed by atoms with Crippen molar-refractivity contribution in [3.8, 4) is 5.75 Å². The fourth-order valence-corrected chi connectivity index (χ4v) is 1.64. The Balaban J connectivity index is 2.71. The van der Waals surface area contributed by atoms with Gasteiger partial charge in [0.15, 0.2) is 0 Å². The summed E-state index contributed by atoms with van der Waals surface area (Å²) in [5.74, 6) is 0.693. The first-order valence-electron chi connectivity index (χ1n) is 6.16. The van der Waals surface area contributed by atoms with Crippen LogP contribution in [0.1, 0.15) is 39.2 Å². The second-order valence-electron chi connectivity index (χ2n) is 4.71. The van der Waals surface area contributed by atoms with Crippen molar-refractivity contribution in [2.75, 3.05) is 6.61 Å². The van der Waals surface area contributed by atoms with E-state index in [0.29, 0.717) is 29.5 Å². The van der Waals surface area contributed by atoms with Crippen molar-refractivity contribution in [3.05, 3.63) is 29.6 Å². The summed E-state index contributed by atoms with van der Waals surface area (Å²) < 4.78 is 18.7. The van der Waals surface area contributed by atoms with Crippen LogP contribution in [0.4, 0.5) is 4.39 Å². The van der Waals surface area contributed by atoms with Crippen LogP contribution in [0.2, 0.25) is 0 Å². The van der Waals surface area contributed by atoms with Gasteiger partial charge in [-0.25, -0.2) is 4.39 Å². The summed E-state index contributed by atoms with van der Waals surface area (Å²) in [5, 5.41) is 11.9. The first-order chi connectivity index (χ1) is 8.54. The summed E-state index contributed by atoms with van der Waals surface area (Å²) in [7, 11) is 0. The number of rotatable bonds is 6. The minimum Gasteiger partial charge on any atom is -0.493 e. The third-order valence-corrected chi connectivity index (χ3v) is 2.67. The summed E-state index contributed by atoms with van der Waals surface area (Å²) in [5.41, 5.74) is 1.03. The van der Waals surface area contributed by atoms with Gasteiger partial charge in [-0.05, 0) is 37.8 Å². The zero-order valence-corrected chi connectivity index (χ0v) is 11.1. The zero-order valence-electron chi connectivity index (χ0n) is 11.1. The third kappa shape index (κ3) is 4.35. The van der Waals surface area contributed by atoms with Gasteiger partial charge in [-0.1, -0.05) is 19.0 Å². The number of hydrogen-bond donors (Lipinski definition) is 1. The molecule has 0 fully saturated rings. The summed E-state index contributed by atoms with van der Waals surface area (Å²) in [6.45, 7) is 6.48. The van der Waals surface area contributed by atoms with Crippen LogP contribution < -0.4 is 4.74 Å². The largest absolute Gasteiger partial charge is 0.493 e. The number of oxime groups is 1. The van der Waals surface area contributed by atoms with Crippen LogP contribution in [0.25, 0.3) is 0 Å². The molecule has 1 N–H and O–H groups in total. The summed E-state index contributed by atoms with van der Waals surface area (Å²) >= 11 is 0. The van der Waals surface area contributed by atoms with E-state index in [1.54, 1.807) is 13.0 Å². The average Bonchev–Trinajstić information content (AvgIpc) is 2.33. The van der Waals surface area contributed by atoms with E-state index in [0.717, 1.165) is 12.8 Å². The van der Waals surface area contributed by atoms with Gasteiger partial charge >= 0.3 is 0 Å².